The standard InChI is InChI=1S/C19H18ClF2N7O2/c1-9(23-19(31)26-24-10(2)30)13-5-4-11(6-15(13)21)14-7-12(20)8-16(22)17(14)18-25-28-29(3)27-18/h4-9H,1-3H3,(H,24,30)(H2,23,26,31)/t9-/m1/s1. The fourth-order valence-electron chi connectivity index (χ4n) is 2.91. The van der Waals surface area contributed by atoms with Crippen molar-refractivity contribution in [1.82, 2.24) is 36.4 Å². The van der Waals surface area contributed by atoms with Crippen LogP contribution in [0.15, 0.2) is 30.3 Å². The van der Waals surface area contributed by atoms with Crippen LogP contribution in [0.4, 0.5) is 13.6 Å². The Balaban J connectivity index is 1.93. The Morgan fingerprint density at radius 3 is 2.48 bits per heavy atom. The summed E-state index contributed by atoms with van der Waals surface area (Å²) in [4.78, 5) is 23.8. The number of nitrogens with zero attached hydrogens (tertiary/aromatic N) is 4. The van der Waals surface area contributed by atoms with Crippen LogP contribution in [-0.2, 0) is 11.8 Å². The van der Waals surface area contributed by atoms with Crippen LogP contribution in [0.2, 0.25) is 5.02 Å². The fraction of sp³-hybridized carbons (Fsp3) is 0.211. The zero-order valence-corrected chi connectivity index (χ0v) is 17.5. The number of tetrazole rings is 1. The molecule has 0 aliphatic rings. The largest absolute Gasteiger partial charge is 0.333 e. The summed E-state index contributed by atoms with van der Waals surface area (Å²) in [6, 6.07) is 5.38. The summed E-state index contributed by atoms with van der Waals surface area (Å²) >= 11 is 6.02. The van der Waals surface area contributed by atoms with E-state index in [0.717, 1.165) is 6.07 Å². The zero-order chi connectivity index (χ0) is 22.7. The molecule has 0 bridgehead atoms. The number of carbonyl (C=O) groups is 2. The van der Waals surface area contributed by atoms with Crippen LogP contribution in [0, 0.1) is 11.6 Å². The van der Waals surface area contributed by atoms with E-state index in [1.807, 2.05) is 0 Å². The lowest BCUT2D eigenvalue weighted by Gasteiger charge is -2.17. The Bertz CT molecular complexity index is 1150. The third-order valence-corrected chi connectivity index (χ3v) is 4.48. The molecule has 2 aromatic carbocycles. The molecule has 1 aromatic heterocycles. The van der Waals surface area contributed by atoms with Crippen molar-refractivity contribution in [2.24, 2.45) is 7.05 Å². The second-order valence-corrected chi connectivity index (χ2v) is 7.09. The number of halogens is 3. The van der Waals surface area contributed by atoms with Crippen LogP contribution in [0.1, 0.15) is 25.5 Å². The van der Waals surface area contributed by atoms with Gasteiger partial charge in [-0.25, -0.2) is 19.0 Å². The Morgan fingerprint density at radius 1 is 1.13 bits per heavy atom. The Kier molecular flexibility index (Phi) is 6.44. The molecular weight excluding hydrogens is 432 g/mol. The van der Waals surface area contributed by atoms with E-state index in [2.05, 4.69) is 31.6 Å². The molecule has 0 saturated carbocycles. The highest BCUT2D eigenvalue weighted by Crippen LogP contribution is 2.36. The summed E-state index contributed by atoms with van der Waals surface area (Å²) in [5, 5.41) is 14.2. The number of amides is 3. The second-order valence-electron chi connectivity index (χ2n) is 6.65. The van der Waals surface area contributed by atoms with Gasteiger partial charge in [0.05, 0.1) is 18.7 Å². The van der Waals surface area contributed by atoms with E-state index >= 15 is 0 Å². The predicted molar refractivity (Wildman–Crippen MR) is 108 cm³/mol. The maximum absolute atomic E-state index is 14.9. The molecule has 9 nitrogen and oxygen atoms in total. The summed E-state index contributed by atoms with van der Waals surface area (Å²) in [6.07, 6.45) is 0. The number of rotatable bonds is 4. The second kappa shape index (κ2) is 9.04. The molecular formula is C19H18ClF2N7O2. The molecule has 0 aliphatic carbocycles. The first-order valence-electron chi connectivity index (χ1n) is 9.02. The van der Waals surface area contributed by atoms with Gasteiger partial charge in [-0.05, 0) is 41.5 Å². The van der Waals surface area contributed by atoms with Crippen LogP contribution in [0.3, 0.4) is 0 Å². The first-order valence-corrected chi connectivity index (χ1v) is 9.40. The summed E-state index contributed by atoms with van der Waals surface area (Å²) in [7, 11) is 1.54. The minimum atomic E-state index is -0.722. The van der Waals surface area contributed by atoms with Gasteiger partial charge in [-0.2, -0.15) is 4.80 Å². The Labute approximate surface area is 180 Å². The van der Waals surface area contributed by atoms with E-state index in [9.17, 15) is 18.4 Å². The number of hydrazine groups is 1. The van der Waals surface area contributed by atoms with Gasteiger partial charge < -0.3 is 5.32 Å². The van der Waals surface area contributed by atoms with Crippen molar-refractivity contribution in [3.63, 3.8) is 0 Å². The highest BCUT2D eigenvalue weighted by Gasteiger charge is 2.20. The van der Waals surface area contributed by atoms with E-state index < -0.39 is 29.6 Å². The lowest BCUT2D eigenvalue weighted by molar-refractivity contribution is -0.119. The van der Waals surface area contributed by atoms with Crippen LogP contribution in [-0.4, -0.2) is 32.1 Å². The monoisotopic (exact) mass is 449 g/mol. The molecule has 0 radical (unpaired) electrons. The lowest BCUT2D eigenvalue weighted by atomic mass is 9.96. The topological polar surface area (TPSA) is 114 Å². The fourth-order valence-corrected chi connectivity index (χ4v) is 3.12. The van der Waals surface area contributed by atoms with Crippen LogP contribution < -0.4 is 16.2 Å². The summed E-state index contributed by atoms with van der Waals surface area (Å²) in [5.41, 5.74) is 5.08. The lowest BCUT2D eigenvalue weighted by Crippen LogP contribution is -2.46. The summed E-state index contributed by atoms with van der Waals surface area (Å²) in [6.45, 7) is 2.80. The van der Waals surface area contributed by atoms with Crippen molar-refractivity contribution in [3.8, 4) is 22.5 Å². The van der Waals surface area contributed by atoms with Crippen LogP contribution in [0.25, 0.3) is 22.5 Å². The average Bonchev–Trinajstić information content (AvgIpc) is 3.11. The molecule has 3 N–H and O–H groups in total. The molecule has 0 fully saturated rings. The molecule has 12 heteroatoms. The highest BCUT2D eigenvalue weighted by atomic mass is 35.5. The van der Waals surface area contributed by atoms with Gasteiger partial charge in [0.2, 0.25) is 11.7 Å². The van der Waals surface area contributed by atoms with Gasteiger partial charge in [-0.15, -0.1) is 10.2 Å². The number of hydrogen-bond donors (Lipinski definition) is 3. The predicted octanol–water partition coefficient (Wildman–Crippen LogP) is 2.89. The first-order chi connectivity index (χ1) is 14.7. The maximum atomic E-state index is 14.9. The number of carbonyl (C=O) groups excluding carboxylic acids is 2. The molecule has 3 aromatic rings. The third-order valence-electron chi connectivity index (χ3n) is 4.26. The molecule has 0 spiro atoms. The number of aromatic nitrogens is 4. The van der Waals surface area contributed by atoms with Crippen LogP contribution >= 0.6 is 11.6 Å². The third kappa shape index (κ3) is 5.12. The quantitative estimate of drug-likeness (QED) is 0.530. The molecule has 3 rings (SSSR count). The van der Waals surface area contributed by atoms with E-state index in [4.69, 9.17) is 11.6 Å². The van der Waals surface area contributed by atoms with Gasteiger partial charge in [-0.1, -0.05) is 23.7 Å². The normalized spacial score (nSPS) is 11.7. The van der Waals surface area contributed by atoms with E-state index in [0.29, 0.717) is 5.56 Å². The average molecular weight is 450 g/mol. The SMILES string of the molecule is CC(=O)NNC(=O)N[C@H](C)c1ccc(-c2cc(Cl)cc(F)c2-c2nnn(C)n2)cc1F. The van der Waals surface area contributed by atoms with Crippen molar-refractivity contribution < 1.29 is 18.4 Å². The van der Waals surface area contributed by atoms with Gasteiger partial charge in [0, 0.05) is 17.5 Å². The van der Waals surface area contributed by atoms with Gasteiger partial charge in [0.15, 0.2) is 0 Å². The molecule has 1 heterocycles. The van der Waals surface area contributed by atoms with Gasteiger partial charge in [0.25, 0.3) is 0 Å². The Morgan fingerprint density at radius 2 is 1.87 bits per heavy atom. The molecule has 0 unspecified atom stereocenters. The number of urea groups is 1. The molecule has 0 aliphatic heterocycles. The van der Waals surface area contributed by atoms with E-state index in [1.54, 1.807) is 13.0 Å². The van der Waals surface area contributed by atoms with Crippen molar-refractivity contribution in [2.45, 2.75) is 19.9 Å². The van der Waals surface area contributed by atoms with Crippen molar-refractivity contribution in [1.29, 1.82) is 0 Å². The van der Waals surface area contributed by atoms with Crippen molar-refractivity contribution >= 4 is 23.5 Å². The highest BCUT2D eigenvalue weighted by molar-refractivity contribution is 6.31. The number of aryl methyl sites for hydroxylation is 1. The van der Waals surface area contributed by atoms with Crippen molar-refractivity contribution in [3.05, 3.63) is 52.6 Å². The number of nitrogens with one attached hydrogen (secondary N) is 3. The van der Waals surface area contributed by atoms with Gasteiger partial charge in [0.1, 0.15) is 11.6 Å². The molecule has 3 amide bonds. The zero-order valence-electron chi connectivity index (χ0n) is 16.7. The number of benzene rings is 2. The minimum Gasteiger partial charge on any atom is -0.330 e. The van der Waals surface area contributed by atoms with Gasteiger partial charge in [-0.3, -0.25) is 10.2 Å². The Hall–Kier alpha value is -3.60. The first kappa shape index (κ1) is 22.1. The van der Waals surface area contributed by atoms with E-state index in [-0.39, 0.29) is 27.5 Å². The van der Waals surface area contributed by atoms with Crippen LogP contribution in [0.5, 0.6) is 0 Å². The van der Waals surface area contributed by atoms with Crippen molar-refractivity contribution in [2.75, 3.05) is 0 Å². The molecule has 1 atom stereocenters. The summed E-state index contributed by atoms with van der Waals surface area (Å²) < 4.78 is 29.6. The number of hydrogen-bond acceptors (Lipinski definition) is 5. The van der Waals surface area contributed by atoms with E-state index in [1.165, 1.54) is 37.0 Å². The molecule has 31 heavy (non-hydrogen) atoms. The molecule has 162 valence electrons. The van der Waals surface area contributed by atoms with Gasteiger partial charge >= 0.3 is 6.03 Å². The summed E-state index contributed by atoms with van der Waals surface area (Å²) in [5.74, 6) is -1.74. The minimum absolute atomic E-state index is 0.0285. The maximum Gasteiger partial charge on any atom is 0.333 e. The molecule has 0 saturated heterocycles. The smallest absolute Gasteiger partial charge is 0.330 e.